The third-order valence-electron chi connectivity index (χ3n) is 6.47. The van der Waals surface area contributed by atoms with Crippen molar-refractivity contribution in [1.82, 2.24) is 25.5 Å². The lowest BCUT2D eigenvalue weighted by Crippen LogP contribution is -2.38. The van der Waals surface area contributed by atoms with Crippen LogP contribution in [-0.2, 0) is 13.1 Å². The Morgan fingerprint density at radius 2 is 2.00 bits per heavy atom. The van der Waals surface area contributed by atoms with E-state index in [4.69, 9.17) is 0 Å². The third-order valence-corrected chi connectivity index (χ3v) is 6.47. The molecule has 1 amide bonds. The largest absolute Gasteiger partial charge is 0.348 e. The molecule has 31 heavy (non-hydrogen) atoms. The number of carbonyl (C=O) groups is 1. The summed E-state index contributed by atoms with van der Waals surface area (Å²) >= 11 is 0. The minimum Gasteiger partial charge on any atom is -0.348 e. The molecule has 0 saturated carbocycles. The average molecular weight is 418 g/mol. The SMILES string of the molecule is O=C(NCc1cnc2ccccc2c1)c1ccc(CN2[C@@H]3CCNC[C@H]2CC3)[nH]c1=O. The lowest BCUT2D eigenvalue weighted by Gasteiger charge is -2.27. The molecule has 2 atom stereocenters. The van der Waals surface area contributed by atoms with Crippen LogP contribution in [0, 0.1) is 0 Å². The zero-order chi connectivity index (χ0) is 21.2. The molecule has 2 aliphatic heterocycles. The Morgan fingerprint density at radius 3 is 2.90 bits per heavy atom. The molecule has 4 heterocycles. The summed E-state index contributed by atoms with van der Waals surface area (Å²) in [5.41, 5.74) is 2.47. The summed E-state index contributed by atoms with van der Waals surface area (Å²) in [6, 6.07) is 14.4. The number of carbonyl (C=O) groups excluding carboxylic acids is 1. The standard InChI is InChI=1S/C24H27N5O2/c30-23(27-13-16-11-17-3-1-2-4-22(17)26-12-16)21-8-5-18(28-24(21)31)15-29-19-6-7-20(29)14-25-10-9-19/h1-5,8,11-12,19-20,25H,6-7,9-10,13-15H2,(H,27,30)(H,28,31)/t19-,20+/m0/s1. The highest BCUT2D eigenvalue weighted by Gasteiger charge is 2.34. The molecule has 3 aromatic rings. The lowest BCUT2D eigenvalue weighted by atomic mass is 10.1. The Balaban J connectivity index is 1.25. The van der Waals surface area contributed by atoms with Gasteiger partial charge < -0.3 is 15.6 Å². The number of fused-ring (bicyclic) bond motifs is 3. The first-order valence-electron chi connectivity index (χ1n) is 11.0. The van der Waals surface area contributed by atoms with Crippen LogP contribution in [0.1, 0.15) is 40.9 Å². The second kappa shape index (κ2) is 8.61. The van der Waals surface area contributed by atoms with Gasteiger partial charge in [0.25, 0.3) is 11.5 Å². The maximum atomic E-state index is 12.6. The van der Waals surface area contributed by atoms with Gasteiger partial charge in [-0.05, 0) is 55.6 Å². The molecule has 160 valence electrons. The average Bonchev–Trinajstić information content (AvgIpc) is 3.03. The number of benzene rings is 1. The number of amides is 1. The van der Waals surface area contributed by atoms with E-state index >= 15 is 0 Å². The first kappa shape index (κ1) is 19.9. The summed E-state index contributed by atoms with van der Waals surface area (Å²) in [6.07, 6.45) is 5.32. The third kappa shape index (κ3) is 4.24. The van der Waals surface area contributed by atoms with Gasteiger partial charge in [-0.2, -0.15) is 0 Å². The maximum absolute atomic E-state index is 12.6. The van der Waals surface area contributed by atoms with Crippen molar-refractivity contribution in [2.24, 2.45) is 0 Å². The Kier molecular flexibility index (Phi) is 5.53. The van der Waals surface area contributed by atoms with Crippen LogP contribution in [-0.4, -0.2) is 45.9 Å². The minimum atomic E-state index is -0.375. The summed E-state index contributed by atoms with van der Waals surface area (Å²) < 4.78 is 0. The quantitative estimate of drug-likeness (QED) is 0.592. The molecule has 1 aromatic carbocycles. The van der Waals surface area contributed by atoms with Crippen molar-refractivity contribution in [1.29, 1.82) is 0 Å². The number of pyridine rings is 2. The van der Waals surface area contributed by atoms with Gasteiger partial charge in [0, 0.05) is 49.0 Å². The molecule has 0 aliphatic carbocycles. The number of aromatic amines is 1. The molecule has 7 heteroatoms. The highest BCUT2D eigenvalue weighted by molar-refractivity contribution is 5.93. The molecule has 2 aromatic heterocycles. The highest BCUT2D eigenvalue weighted by Crippen LogP contribution is 2.29. The Hall–Kier alpha value is -3.03. The first-order valence-corrected chi connectivity index (χ1v) is 11.0. The summed E-state index contributed by atoms with van der Waals surface area (Å²) in [7, 11) is 0. The van der Waals surface area contributed by atoms with Gasteiger partial charge in [-0.3, -0.25) is 19.5 Å². The van der Waals surface area contributed by atoms with Crippen molar-refractivity contribution in [2.45, 2.75) is 44.4 Å². The number of rotatable bonds is 5. The van der Waals surface area contributed by atoms with Crippen LogP contribution in [0.2, 0.25) is 0 Å². The van der Waals surface area contributed by atoms with Crippen LogP contribution in [0.15, 0.2) is 53.5 Å². The molecule has 3 N–H and O–H groups in total. The first-order chi connectivity index (χ1) is 15.2. The van der Waals surface area contributed by atoms with Crippen molar-refractivity contribution in [3.63, 3.8) is 0 Å². The van der Waals surface area contributed by atoms with Crippen LogP contribution in [0.3, 0.4) is 0 Å². The molecule has 2 saturated heterocycles. The zero-order valence-electron chi connectivity index (χ0n) is 17.4. The maximum Gasteiger partial charge on any atom is 0.261 e. The number of hydrogen-bond acceptors (Lipinski definition) is 5. The number of hydrogen-bond donors (Lipinski definition) is 3. The molecular formula is C24H27N5O2. The van der Waals surface area contributed by atoms with E-state index in [1.165, 1.54) is 12.8 Å². The van der Waals surface area contributed by atoms with Crippen LogP contribution in [0.5, 0.6) is 0 Å². The second-order valence-corrected chi connectivity index (χ2v) is 8.50. The van der Waals surface area contributed by atoms with Crippen LogP contribution in [0.25, 0.3) is 10.9 Å². The van der Waals surface area contributed by atoms with E-state index in [1.54, 1.807) is 12.3 Å². The number of H-pyrrole nitrogens is 1. The van der Waals surface area contributed by atoms with E-state index in [2.05, 4.69) is 25.5 Å². The number of para-hydroxylation sites is 1. The van der Waals surface area contributed by atoms with Gasteiger partial charge >= 0.3 is 0 Å². The van der Waals surface area contributed by atoms with Crippen molar-refractivity contribution < 1.29 is 4.79 Å². The van der Waals surface area contributed by atoms with Gasteiger partial charge in [0.1, 0.15) is 5.56 Å². The van der Waals surface area contributed by atoms with Crippen LogP contribution >= 0.6 is 0 Å². The summed E-state index contributed by atoms with van der Waals surface area (Å²) in [6.45, 7) is 3.10. The van der Waals surface area contributed by atoms with Crippen molar-refractivity contribution >= 4 is 16.8 Å². The monoisotopic (exact) mass is 417 g/mol. The van der Waals surface area contributed by atoms with Crippen LogP contribution in [0.4, 0.5) is 0 Å². The molecule has 2 aliphatic rings. The molecule has 0 spiro atoms. The fourth-order valence-electron chi connectivity index (χ4n) is 4.81. The van der Waals surface area contributed by atoms with E-state index in [1.807, 2.05) is 36.4 Å². The molecule has 5 rings (SSSR count). The zero-order valence-corrected chi connectivity index (χ0v) is 17.4. The second-order valence-electron chi connectivity index (χ2n) is 8.50. The number of aromatic nitrogens is 2. The van der Waals surface area contributed by atoms with Gasteiger partial charge in [-0.1, -0.05) is 18.2 Å². The van der Waals surface area contributed by atoms with Crippen LogP contribution < -0.4 is 16.2 Å². The highest BCUT2D eigenvalue weighted by atomic mass is 16.2. The Bertz CT molecular complexity index is 1140. The number of nitrogens with one attached hydrogen (secondary N) is 3. The molecule has 2 bridgehead atoms. The lowest BCUT2D eigenvalue weighted by molar-refractivity contribution is 0.0949. The molecule has 0 radical (unpaired) electrons. The molecule has 2 fully saturated rings. The predicted octanol–water partition coefficient (Wildman–Crippen LogP) is 2.18. The van der Waals surface area contributed by atoms with Crippen molar-refractivity contribution in [2.75, 3.05) is 13.1 Å². The Labute approximate surface area is 180 Å². The minimum absolute atomic E-state index is 0.137. The fraction of sp³-hybridized carbons (Fsp3) is 0.375. The van der Waals surface area contributed by atoms with Crippen molar-refractivity contribution in [3.8, 4) is 0 Å². The van der Waals surface area contributed by atoms with Gasteiger partial charge in [-0.15, -0.1) is 0 Å². The smallest absolute Gasteiger partial charge is 0.261 e. The van der Waals surface area contributed by atoms with Gasteiger partial charge in [0.05, 0.1) is 5.52 Å². The molecule has 0 unspecified atom stereocenters. The predicted molar refractivity (Wildman–Crippen MR) is 120 cm³/mol. The summed E-state index contributed by atoms with van der Waals surface area (Å²) in [4.78, 5) is 35.0. The summed E-state index contributed by atoms with van der Waals surface area (Å²) in [5.74, 6) is -0.375. The van der Waals surface area contributed by atoms with Gasteiger partial charge in [-0.25, -0.2) is 0 Å². The van der Waals surface area contributed by atoms with E-state index in [0.717, 1.165) is 48.2 Å². The molecular weight excluding hydrogens is 390 g/mol. The Morgan fingerprint density at radius 1 is 1.13 bits per heavy atom. The number of nitrogens with zero attached hydrogens (tertiary/aromatic N) is 2. The van der Waals surface area contributed by atoms with E-state index < -0.39 is 0 Å². The molecule has 7 nitrogen and oxygen atoms in total. The normalized spacial score (nSPS) is 21.2. The van der Waals surface area contributed by atoms with E-state index in [-0.39, 0.29) is 17.0 Å². The topological polar surface area (TPSA) is 90.1 Å². The van der Waals surface area contributed by atoms with E-state index in [0.29, 0.717) is 18.6 Å². The van der Waals surface area contributed by atoms with Gasteiger partial charge in [0.2, 0.25) is 0 Å². The van der Waals surface area contributed by atoms with E-state index in [9.17, 15) is 9.59 Å². The summed E-state index contributed by atoms with van der Waals surface area (Å²) in [5, 5.41) is 7.35. The van der Waals surface area contributed by atoms with Gasteiger partial charge in [0.15, 0.2) is 0 Å². The fourth-order valence-corrected chi connectivity index (χ4v) is 4.81. The van der Waals surface area contributed by atoms with Crippen molar-refractivity contribution in [3.05, 3.63) is 75.8 Å².